The van der Waals surface area contributed by atoms with E-state index in [1.54, 1.807) is 22.9 Å². The molecule has 9 heteroatoms. The van der Waals surface area contributed by atoms with Crippen LogP contribution >= 0.6 is 0 Å². The lowest BCUT2D eigenvalue weighted by molar-refractivity contribution is -0.140. The van der Waals surface area contributed by atoms with Crippen molar-refractivity contribution < 1.29 is 24.2 Å². The lowest BCUT2D eigenvalue weighted by Gasteiger charge is -2.27. The summed E-state index contributed by atoms with van der Waals surface area (Å²) in [5.74, 6) is -0.622. The second-order valence-corrected chi connectivity index (χ2v) is 9.03. The highest BCUT2D eigenvalue weighted by Crippen LogP contribution is 2.42. The highest BCUT2D eigenvalue weighted by Gasteiger charge is 2.46. The maximum Gasteiger partial charge on any atom is 0.295 e. The van der Waals surface area contributed by atoms with Crippen molar-refractivity contribution in [2.24, 2.45) is 0 Å². The Morgan fingerprint density at radius 1 is 1.11 bits per heavy atom. The third-order valence-corrected chi connectivity index (χ3v) is 6.40. The average molecular weight is 505 g/mol. The topological polar surface area (TPSA) is 97.1 Å². The van der Waals surface area contributed by atoms with E-state index in [0.29, 0.717) is 48.0 Å². The number of Topliss-reactive ketones (excluding diaryl/α,β-unsaturated/α-hetero) is 1. The number of hydrogen-bond donors (Lipinski definition) is 1. The van der Waals surface area contributed by atoms with E-state index in [4.69, 9.17) is 9.47 Å². The summed E-state index contributed by atoms with van der Waals surface area (Å²) >= 11 is 0. The van der Waals surface area contributed by atoms with Crippen LogP contribution < -0.4 is 9.47 Å². The lowest BCUT2D eigenvalue weighted by atomic mass is 9.95. The fourth-order valence-corrected chi connectivity index (χ4v) is 4.51. The van der Waals surface area contributed by atoms with Gasteiger partial charge in [-0.25, -0.2) is 4.68 Å². The number of amides is 1. The second kappa shape index (κ2) is 10.9. The summed E-state index contributed by atoms with van der Waals surface area (Å²) in [6.07, 6.45) is 1.51. The van der Waals surface area contributed by atoms with Gasteiger partial charge in [-0.05, 0) is 57.8 Å². The van der Waals surface area contributed by atoms with Gasteiger partial charge in [-0.2, -0.15) is 5.10 Å². The van der Waals surface area contributed by atoms with Gasteiger partial charge in [-0.1, -0.05) is 24.3 Å². The molecule has 1 aliphatic rings. The van der Waals surface area contributed by atoms with Crippen molar-refractivity contribution in [1.82, 2.24) is 19.6 Å². The van der Waals surface area contributed by atoms with E-state index in [9.17, 15) is 14.7 Å². The monoisotopic (exact) mass is 504 g/mol. The Labute approximate surface area is 216 Å². The Bertz CT molecular complexity index is 1330. The quantitative estimate of drug-likeness (QED) is 0.270. The number of methoxy groups -OCH3 is 1. The van der Waals surface area contributed by atoms with Crippen LogP contribution in [0.2, 0.25) is 0 Å². The molecule has 1 saturated heterocycles. The van der Waals surface area contributed by atoms with Crippen LogP contribution in [0.25, 0.3) is 11.4 Å². The number of likely N-dealkylation sites (N-methyl/N-ethyl adjacent to an activating group) is 1. The molecule has 9 nitrogen and oxygen atoms in total. The number of aromatic nitrogens is 2. The number of ether oxygens (including phenoxy) is 2. The number of ketones is 1. The fourth-order valence-electron chi connectivity index (χ4n) is 4.51. The van der Waals surface area contributed by atoms with Crippen LogP contribution in [0.4, 0.5) is 0 Å². The average Bonchev–Trinajstić information content (AvgIpc) is 3.40. The Morgan fingerprint density at radius 3 is 2.49 bits per heavy atom. The predicted octanol–water partition coefficient (Wildman–Crippen LogP) is 3.57. The van der Waals surface area contributed by atoms with Crippen molar-refractivity contribution in [3.8, 4) is 17.2 Å². The smallest absolute Gasteiger partial charge is 0.295 e. The zero-order valence-corrected chi connectivity index (χ0v) is 21.8. The fraction of sp³-hybridized carbons (Fsp3) is 0.321. The van der Waals surface area contributed by atoms with Crippen LogP contribution in [0.15, 0.2) is 60.3 Å². The zero-order valence-electron chi connectivity index (χ0n) is 21.8. The van der Waals surface area contributed by atoms with E-state index in [2.05, 4.69) is 5.10 Å². The second-order valence-electron chi connectivity index (χ2n) is 9.03. The van der Waals surface area contributed by atoms with Crippen molar-refractivity contribution in [2.75, 3.05) is 40.9 Å². The van der Waals surface area contributed by atoms with E-state index in [1.807, 2.05) is 63.2 Å². The molecule has 37 heavy (non-hydrogen) atoms. The van der Waals surface area contributed by atoms with Crippen LogP contribution in [0.3, 0.4) is 0 Å². The molecule has 1 fully saturated rings. The molecule has 0 bridgehead atoms. The van der Waals surface area contributed by atoms with Gasteiger partial charge in [0.2, 0.25) is 0 Å². The van der Waals surface area contributed by atoms with E-state index in [0.717, 1.165) is 5.69 Å². The van der Waals surface area contributed by atoms with E-state index >= 15 is 0 Å². The molecule has 2 heterocycles. The molecule has 2 aromatic carbocycles. The maximum atomic E-state index is 13.4. The molecular weight excluding hydrogens is 472 g/mol. The molecule has 0 saturated carbocycles. The van der Waals surface area contributed by atoms with Crippen molar-refractivity contribution in [3.63, 3.8) is 0 Å². The van der Waals surface area contributed by atoms with Crippen LogP contribution in [0, 0.1) is 6.92 Å². The van der Waals surface area contributed by atoms with E-state index in [1.165, 1.54) is 18.2 Å². The van der Waals surface area contributed by atoms with Crippen LogP contribution in [0.1, 0.15) is 29.8 Å². The first kappa shape index (κ1) is 26.0. The summed E-state index contributed by atoms with van der Waals surface area (Å²) in [7, 11) is 5.33. The summed E-state index contributed by atoms with van der Waals surface area (Å²) in [5, 5.41) is 15.9. The molecule has 0 spiro atoms. The van der Waals surface area contributed by atoms with Gasteiger partial charge < -0.3 is 24.4 Å². The molecule has 1 unspecified atom stereocenters. The number of rotatable bonds is 9. The molecule has 0 aliphatic carbocycles. The summed E-state index contributed by atoms with van der Waals surface area (Å²) in [4.78, 5) is 30.0. The standard InChI is InChI=1S/C28H32N4O5/c1-6-37-22-13-12-19(16-23(22)36-5)25-24(27(34)28(35)31(25)15-14-30(3)4)26(33)21-17-29-32(18(21)2)20-10-8-7-9-11-20/h7-13,16-17,25,33H,6,14-15H2,1-5H3/b26-24+. The molecule has 1 amide bonds. The van der Waals surface area contributed by atoms with Gasteiger partial charge in [-0.15, -0.1) is 0 Å². The predicted molar refractivity (Wildman–Crippen MR) is 140 cm³/mol. The number of aliphatic hydroxyl groups excluding tert-OH is 1. The molecule has 1 atom stereocenters. The Balaban J connectivity index is 1.86. The Morgan fingerprint density at radius 2 is 1.84 bits per heavy atom. The number of hydrogen-bond acceptors (Lipinski definition) is 7. The summed E-state index contributed by atoms with van der Waals surface area (Å²) in [6.45, 7) is 4.99. The minimum Gasteiger partial charge on any atom is -0.507 e. The maximum absolute atomic E-state index is 13.4. The van der Waals surface area contributed by atoms with Crippen molar-refractivity contribution in [3.05, 3.63) is 77.1 Å². The van der Waals surface area contributed by atoms with Crippen LogP contribution in [-0.2, 0) is 9.59 Å². The molecule has 1 aliphatic heterocycles. The summed E-state index contributed by atoms with van der Waals surface area (Å²) in [6, 6.07) is 14.0. The van der Waals surface area contributed by atoms with E-state index < -0.39 is 17.7 Å². The number of carbonyl (C=O) groups is 2. The van der Waals surface area contributed by atoms with Gasteiger partial charge >= 0.3 is 0 Å². The van der Waals surface area contributed by atoms with Gasteiger partial charge in [0.15, 0.2) is 11.5 Å². The number of nitrogens with zero attached hydrogens (tertiary/aromatic N) is 4. The minimum atomic E-state index is -0.802. The number of benzene rings is 2. The Kier molecular flexibility index (Phi) is 7.63. The minimum absolute atomic E-state index is 0.0191. The summed E-state index contributed by atoms with van der Waals surface area (Å²) < 4.78 is 12.9. The number of aliphatic hydroxyl groups is 1. The van der Waals surface area contributed by atoms with Crippen LogP contribution in [-0.4, -0.2) is 77.3 Å². The molecule has 4 rings (SSSR count). The normalized spacial score (nSPS) is 17.0. The first-order valence-corrected chi connectivity index (χ1v) is 12.1. The Hall–Kier alpha value is -4.11. The molecule has 194 valence electrons. The SMILES string of the molecule is CCOc1ccc(C2/C(=C(\O)c3cnn(-c4ccccc4)c3C)C(=O)C(=O)N2CCN(C)C)cc1OC. The highest BCUT2D eigenvalue weighted by atomic mass is 16.5. The van der Waals surface area contributed by atoms with Crippen molar-refractivity contribution >= 4 is 17.4 Å². The molecular formula is C28H32N4O5. The number of likely N-dealkylation sites (tertiary alicyclic amines) is 1. The van der Waals surface area contributed by atoms with E-state index in [-0.39, 0.29) is 11.3 Å². The summed E-state index contributed by atoms with van der Waals surface area (Å²) in [5.41, 5.74) is 2.50. The molecule has 0 radical (unpaired) electrons. The van der Waals surface area contributed by atoms with Gasteiger partial charge in [0.25, 0.3) is 11.7 Å². The van der Waals surface area contributed by atoms with Gasteiger partial charge in [-0.3, -0.25) is 9.59 Å². The molecule has 1 N–H and O–H groups in total. The third kappa shape index (κ3) is 4.95. The zero-order chi connectivity index (χ0) is 26.7. The number of carbonyl (C=O) groups excluding carboxylic acids is 2. The van der Waals surface area contributed by atoms with Crippen molar-refractivity contribution in [1.29, 1.82) is 0 Å². The molecule has 1 aromatic heterocycles. The molecule has 3 aromatic rings. The number of para-hydroxylation sites is 1. The highest BCUT2D eigenvalue weighted by molar-refractivity contribution is 6.46. The third-order valence-electron chi connectivity index (χ3n) is 6.40. The lowest BCUT2D eigenvalue weighted by Crippen LogP contribution is -2.35. The first-order chi connectivity index (χ1) is 17.8. The van der Waals surface area contributed by atoms with Crippen LogP contribution in [0.5, 0.6) is 11.5 Å². The van der Waals surface area contributed by atoms with Gasteiger partial charge in [0, 0.05) is 13.1 Å². The first-order valence-electron chi connectivity index (χ1n) is 12.1. The largest absolute Gasteiger partial charge is 0.507 e. The van der Waals surface area contributed by atoms with Gasteiger partial charge in [0.1, 0.15) is 5.76 Å². The van der Waals surface area contributed by atoms with Crippen molar-refractivity contribution in [2.45, 2.75) is 19.9 Å². The van der Waals surface area contributed by atoms with Gasteiger partial charge in [0.05, 0.1) is 48.5 Å².